The van der Waals surface area contributed by atoms with E-state index in [1.54, 1.807) is 0 Å². The van der Waals surface area contributed by atoms with Crippen LogP contribution in [0.2, 0.25) is 0 Å². The standard InChI is InChI=1S/C17H21N3O/c1-5-14-13(10-20(4)19-14)16(18-3)15-9-12-8-6-7-11(2)17(12)21-15/h6-10,16,18H,5H2,1-4H3. The van der Waals surface area contributed by atoms with E-state index in [9.17, 15) is 0 Å². The van der Waals surface area contributed by atoms with Gasteiger partial charge < -0.3 is 9.73 Å². The first kappa shape index (κ1) is 13.9. The molecular formula is C17H21N3O. The van der Waals surface area contributed by atoms with E-state index in [-0.39, 0.29) is 6.04 Å². The van der Waals surface area contributed by atoms with Gasteiger partial charge in [0.15, 0.2) is 0 Å². The number of nitrogens with zero attached hydrogens (tertiary/aromatic N) is 2. The van der Waals surface area contributed by atoms with Crippen LogP contribution in [0.1, 0.15) is 35.5 Å². The minimum atomic E-state index is 0.0282. The lowest BCUT2D eigenvalue weighted by Gasteiger charge is -2.13. The zero-order valence-corrected chi connectivity index (χ0v) is 13.0. The highest BCUT2D eigenvalue weighted by Crippen LogP contribution is 2.31. The fraction of sp³-hybridized carbons (Fsp3) is 0.353. The number of aryl methyl sites for hydroxylation is 3. The van der Waals surface area contributed by atoms with Crippen molar-refractivity contribution in [3.8, 4) is 0 Å². The molecule has 0 aliphatic heterocycles. The van der Waals surface area contributed by atoms with Gasteiger partial charge >= 0.3 is 0 Å². The number of aromatic nitrogens is 2. The third kappa shape index (κ3) is 2.36. The molecule has 4 heteroatoms. The molecule has 21 heavy (non-hydrogen) atoms. The smallest absolute Gasteiger partial charge is 0.137 e. The second kappa shape index (κ2) is 5.37. The zero-order chi connectivity index (χ0) is 15.0. The maximum Gasteiger partial charge on any atom is 0.137 e. The van der Waals surface area contributed by atoms with Crippen LogP contribution in [0, 0.1) is 6.92 Å². The molecular weight excluding hydrogens is 262 g/mol. The van der Waals surface area contributed by atoms with Gasteiger partial charge in [-0.3, -0.25) is 4.68 Å². The Morgan fingerprint density at radius 1 is 1.38 bits per heavy atom. The van der Waals surface area contributed by atoms with Gasteiger partial charge in [-0.15, -0.1) is 0 Å². The van der Waals surface area contributed by atoms with Crippen LogP contribution in [0.5, 0.6) is 0 Å². The lowest BCUT2D eigenvalue weighted by Crippen LogP contribution is -2.17. The molecule has 1 aromatic carbocycles. The number of fused-ring (bicyclic) bond motifs is 1. The Hall–Kier alpha value is -2.07. The van der Waals surface area contributed by atoms with E-state index in [1.165, 1.54) is 5.56 Å². The van der Waals surface area contributed by atoms with E-state index in [0.717, 1.165) is 34.4 Å². The van der Waals surface area contributed by atoms with Crippen LogP contribution in [-0.2, 0) is 13.5 Å². The highest BCUT2D eigenvalue weighted by Gasteiger charge is 2.22. The molecule has 4 nitrogen and oxygen atoms in total. The molecule has 1 N–H and O–H groups in total. The zero-order valence-electron chi connectivity index (χ0n) is 13.0. The Balaban J connectivity index is 2.11. The summed E-state index contributed by atoms with van der Waals surface area (Å²) in [5.74, 6) is 0.935. The second-order valence-corrected chi connectivity index (χ2v) is 5.42. The third-order valence-electron chi connectivity index (χ3n) is 3.92. The van der Waals surface area contributed by atoms with Gasteiger partial charge in [0.2, 0.25) is 0 Å². The molecule has 0 spiro atoms. The number of benzene rings is 1. The van der Waals surface area contributed by atoms with Crippen molar-refractivity contribution in [3.05, 3.63) is 53.0 Å². The quantitative estimate of drug-likeness (QED) is 0.798. The van der Waals surface area contributed by atoms with Gasteiger partial charge in [-0.2, -0.15) is 5.10 Å². The van der Waals surface area contributed by atoms with Crippen molar-refractivity contribution < 1.29 is 4.42 Å². The van der Waals surface area contributed by atoms with E-state index in [0.29, 0.717) is 0 Å². The van der Waals surface area contributed by atoms with Crippen LogP contribution in [0.25, 0.3) is 11.0 Å². The van der Waals surface area contributed by atoms with Crippen LogP contribution in [-0.4, -0.2) is 16.8 Å². The van der Waals surface area contributed by atoms with Crippen molar-refractivity contribution in [2.24, 2.45) is 7.05 Å². The van der Waals surface area contributed by atoms with E-state index in [4.69, 9.17) is 4.42 Å². The molecule has 2 heterocycles. The molecule has 3 rings (SSSR count). The van der Waals surface area contributed by atoms with E-state index >= 15 is 0 Å². The minimum absolute atomic E-state index is 0.0282. The summed E-state index contributed by atoms with van der Waals surface area (Å²) in [5, 5.41) is 9.03. The van der Waals surface area contributed by atoms with Crippen LogP contribution in [0.4, 0.5) is 0 Å². The number of hydrogen-bond acceptors (Lipinski definition) is 3. The number of nitrogens with one attached hydrogen (secondary N) is 1. The van der Waals surface area contributed by atoms with E-state index in [2.05, 4.69) is 54.7 Å². The first-order chi connectivity index (χ1) is 10.1. The van der Waals surface area contributed by atoms with Crippen LogP contribution < -0.4 is 5.32 Å². The van der Waals surface area contributed by atoms with Crippen LogP contribution in [0.3, 0.4) is 0 Å². The van der Waals surface area contributed by atoms with E-state index in [1.807, 2.05) is 18.8 Å². The molecule has 0 aliphatic rings. The van der Waals surface area contributed by atoms with E-state index < -0.39 is 0 Å². The summed E-state index contributed by atoms with van der Waals surface area (Å²) >= 11 is 0. The fourth-order valence-electron chi connectivity index (χ4n) is 2.89. The third-order valence-corrected chi connectivity index (χ3v) is 3.92. The minimum Gasteiger partial charge on any atom is -0.459 e. The Bertz CT molecular complexity index is 770. The second-order valence-electron chi connectivity index (χ2n) is 5.42. The first-order valence-electron chi connectivity index (χ1n) is 7.32. The number of furan rings is 1. The molecule has 0 radical (unpaired) electrons. The molecule has 0 saturated carbocycles. The molecule has 3 aromatic rings. The van der Waals surface area contributed by atoms with Crippen molar-refractivity contribution in [3.63, 3.8) is 0 Å². The fourth-order valence-corrected chi connectivity index (χ4v) is 2.89. The number of para-hydroxylation sites is 1. The average molecular weight is 283 g/mol. The Labute approximate surface area is 124 Å². The first-order valence-corrected chi connectivity index (χ1v) is 7.32. The highest BCUT2D eigenvalue weighted by atomic mass is 16.3. The molecule has 0 fully saturated rings. The summed E-state index contributed by atoms with van der Waals surface area (Å²) < 4.78 is 7.98. The topological polar surface area (TPSA) is 43.0 Å². The molecule has 0 bridgehead atoms. The SMILES string of the molecule is CCc1nn(C)cc1C(NC)c1cc2cccc(C)c2o1. The average Bonchev–Trinajstić information content (AvgIpc) is 3.04. The van der Waals surface area contributed by atoms with Gasteiger partial charge in [-0.05, 0) is 32.0 Å². The summed E-state index contributed by atoms with van der Waals surface area (Å²) in [5.41, 5.74) is 4.42. The van der Waals surface area contributed by atoms with Crippen LogP contribution in [0.15, 0.2) is 34.9 Å². The van der Waals surface area contributed by atoms with Gasteiger partial charge in [-0.1, -0.05) is 25.1 Å². The Morgan fingerprint density at radius 2 is 2.19 bits per heavy atom. The van der Waals surface area contributed by atoms with Crippen molar-refractivity contribution in [2.45, 2.75) is 26.3 Å². The summed E-state index contributed by atoms with van der Waals surface area (Å²) in [7, 11) is 3.91. The van der Waals surface area contributed by atoms with Crippen molar-refractivity contribution in [1.29, 1.82) is 0 Å². The van der Waals surface area contributed by atoms with Gasteiger partial charge in [0, 0.05) is 24.2 Å². The van der Waals surface area contributed by atoms with Crippen molar-refractivity contribution in [2.75, 3.05) is 7.05 Å². The van der Waals surface area contributed by atoms with Crippen molar-refractivity contribution in [1.82, 2.24) is 15.1 Å². The molecule has 0 saturated heterocycles. The predicted octanol–water partition coefficient (Wildman–Crippen LogP) is 3.35. The monoisotopic (exact) mass is 283 g/mol. The van der Waals surface area contributed by atoms with Crippen molar-refractivity contribution >= 4 is 11.0 Å². The highest BCUT2D eigenvalue weighted by molar-refractivity contribution is 5.81. The Morgan fingerprint density at radius 3 is 2.86 bits per heavy atom. The summed E-state index contributed by atoms with van der Waals surface area (Å²) in [6.07, 6.45) is 2.98. The lowest BCUT2D eigenvalue weighted by atomic mass is 10.0. The van der Waals surface area contributed by atoms with Gasteiger partial charge in [-0.25, -0.2) is 0 Å². The normalized spacial score (nSPS) is 13.0. The van der Waals surface area contributed by atoms with Crippen LogP contribution >= 0.6 is 0 Å². The number of hydrogen-bond donors (Lipinski definition) is 1. The molecule has 110 valence electrons. The number of rotatable bonds is 4. The maximum atomic E-state index is 6.12. The Kier molecular flexibility index (Phi) is 3.55. The molecule has 0 amide bonds. The molecule has 2 aromatic heterocycles. The predicted molar refractivity (Wildman–Crippen MR) is 84.4 cm³/mol. The molecule has 1 unspecified atom stereocenters. The molecule has 0 aliphatic carbocycles. The maximum absolute atomic E-state index is 6.12. The summed E-state index contributed by atoms with van der Waals surface area (Å²) in [6.45, 7) is 4.20. The summed E-state index contributed by atoms with van der Waals surface area (Å²) in [4.78, 5) is 0. The lowest BCUT2D eigenvalue weighted by molar-refractivity contribution is 0.489. The largest absolute Gasteiger partial charge is 0.459 e. The summed E-state index contributed by atoms with van der Waals surface area (Å²) in [6, 6.07) is 8.38. The van der Waals surface area contributed by atoms with Gasteiger partial charge in [0.25, 0.3) is 0 Å². The van der Waals surface area contributed by atoms with Gasteiger partial charge in [0.1, 0.15) is 11.3 Å². The molecule has 1 atom stereocenters. The van der Waals surface area contributed by atoms with Gasteiger partial charge in [0.05, 0.1) is 11.7 Å².